The summed E-state index contributed by atoms with van der Waals surface area (Å²) >= 11 is 0. The van der Waals surface area contributed by atoms with E-state index in [0.717, 1.165) is 38.3 Å². The number of hydrogen-bond donors (Lipinski definition) is 1. The number of nitrogens with zero attached hydrogens (tertiary/aromatic N) is 4. The summed E-state index contributed by atoms with van der Waals surface area (Å²) in [7, 11) is 0. The molecule has 0 spiro atoms. The summed E-state index contributed by atoms with van der Waals surface area (Å²) in [6.45, 7) is 6.78. The van der Waals surface area contributed by atoms with Crippen molar-refractivity contribution in [1.29, 1.82) is 0 Å². The molecular weight excluding hydrogens is 384 g/mol. The van der Waals surface area contributed by atoms with Gasteiger partial charge < -0.3 is 14.9 Å². The number of hydrogen-bond acceptors (Lipinski definition) is 6. The molecule has 158 valence electrons. The Kier molecular flexibility index (Phi) is 6.66. The van der Waals surface area contributed by atoms with Gasteiger partial charge in [0, 0.05) is 56.1 Å². The normalized spacial score (nSPS) is 14.3. The monoisotopic (exact) mass is 410 g/mol. The van der Waals surface area contributed by atoms with E-state index < -0.39 is 4.92 Å². The lowest BCUT2D eigenvalue weighted by molar-refractivity contribution is -0.385. The average molecular weight is 410 g/mol. The van der Waals surface area contributed by atoms with E-state index in [1.54, 1.807) is 13.0 Å². The van der Waals surface area contributed by atoms with Crippen LogP contribution in [-0.2, 0) is 4.79 Å². The van der Waals surface area contributed by atoms with Gasteiger partial charge in [0.1, 0.15) is 0 Å². The van der Waals surface area contributed by atoms with Gasteiger partial charge in [0.25, 0.3) is 0 Å². The lowest BCUT2D eigenvalue weighted by atomic mass is 10.1. The summed E-state index contributed by atoms with van der Waals surface area (Å²) in [6.07, 6.45) is 2.91. The minimum absolute atomic E-state index is 0.224. The summed E-state index contributed by atoms with van der Waals surface area (Å²) in [6, 6.07) is 10.6. The molecule has 0 aromatic heterocycles. The molecule has 1 fully saturated rings. The number of aromatic hydroxyl groups is 1. The zero-order valence-corrected chi connectivity index (χ0v) is 17.2. The molecule has 8 heteroatoms. The van der Waals surface area contributed by atoms with Gasteiger partial charge in [-0.2, -0.15) is 0 Å². The third kappa shape index (κ3) is 4.94. The zero-order valence-electron chi connectivity index (χ0n) is 17.2. The van der Waals surface area contributed by atoms with E-state index in [2.05, 4.69) is 9.89 Å². The molecule has 2 aromatic rings. The van der Waals surface area contributed by atoms with Crippen LogP contribution >= 0.6 is 0 Å². The number of aryl methyl sites for hydroxylation is 1. The molecule has 2 aromatic carbocycles. The van der Waals surface area contributed by atoms with Crippen LogP contribution in [0.25, 0.3) is 0 Å². The molecule has 1 amide bonds. The third-order valence-electron chi connectivity index (χ3n) is 5.12. The first-order valence-electron chi connectivity index (χ1n) is 10.0. The highest BCUT2D eigenvalue weighted by atomic mass is 16.6. The minimum Gasteiger partial charge on any atom is -0.502 e. The third-order valence-corrected chi connectivity index (χ3v) is 5.12. The molecule has 0 saturated carbocycles. The van der Waals surface area contributed by atoms with E-state index in [9.17, 15) is 20.0 Å². The molecular formula is C22H26N4O4. The van der Waals surface area contributed by atoms with Gasteiger partial charge in [-0.15, -0.1) is 0 Å². The van der Waals surface area contributed by atoms with Crippen LogP contribution < -0.4 is 4.90 Å². The van der Waals surface area contributed by atoms with Gasteiger partial charge in [-0.05, 0) is 49.2 Å². The molecule has 0 atom stereocenters. The van der Waals surface area contributed by atoms with Crippen LogP contribution in [0.3, 0.4) is 0 Å². The second-order valence-electron chi connectivity index (χ2n) is 7.37. The van der Waals surface area contributed by atoms with Gasteiger partial charge in [0.15, 0.2) is 0 Å². The Labute approximate surface area is 175 Å². The number of amides is 1. The van der Waals surface area contributed by atoms with Crippen molar-refractivity contribution in [3.8, 4) is 5.75 Å². The van der Waals surface area contributed by atoms with E-state index >= 15 is 0 Å². The van der Waals surface area contributed by atoms with E-state index in [1.165, 1.54) is 12.3 Å². The molecule has 0 bridgehead atoms. The minimum atomic E-state index is -0.607. The number of rotatable bonds is 6. The standard InChI is InChI=1S/C22H26N4O4/c1-3-4-21(27)25-11-9-24(10-12-25)19-7-5-18(6-8-19)23-15-17-13-16(2)14-20(22(17)28)26(29)30/h5-8,13-15,28H,3-4,9-12H2,1-2H3. The number of carbonyl (C=O) groups is 1. The fourth-order valence-electron chi connectivity index (χ4n) is 3.50. The van der Waals surface area contributed by atoms with E-state index in [1.807, 2.05) is 36.1 Å². The summed E-state index contributed by atoms with van der Waals surface area (Å²) in [5, 5.41) is 21.2. The second kappa shape index (κ2) is 9.39. The number of carbonyl (C=O) groups excluding carboxylic acids is 1. The van der Waals surface area contributed by atoms with Gasteiger partial charge >= 0.3 is 5.69 Å². The van der Waals surface area contributed by atoms with Crippen molar-refractivity contribution in [2.45, 2.75) is 26.7 Å². The van der Waals surface area contributed by atoms with Crippen molar-refractivity contribution in [3.63, 3.8) is 0 Å². The van der Waals surface area contributed by atoms with E-state index in [-0.39, 0.29) is 17.3 Å². The van der Waals surface area contributed by atoms with Gasteiger partial charge in [-0.25, -0.2) is 0 Å². The zero-order chi connectivity index (χ0) is 21.7. The summed E-state index contributed by atoms with van der Waals surface area (Å²) in [5.74, 6) is -0.164. The van der Waals surface area contributed by atoms with E-state index in [0.29, 0.717) is 23.2 Å². The molecule has 30 heavy (non-hydrogen) atoms. The molecule has 0 aliphatic carbocycles. The van der Waals surface area contributed by atoms with Crippen LogP contribution in [0.5, 0.6) is 5.75 Å². The van der Waals surface area contributed by atoms with Gasteiger partial charge in [-0.1, -0.05) is 6.92 Å². The Hall–Kier alpha value is -3.42. The number of piperazine rings is 1. The second-order valence-corrected chi connectivity index (χ2v) is 7.37. The molecule has 8 nitrogen and oxygen atoms in total. The predicted molar refractivity (Wildman–Crippen MR) is 117 cm³/mol. The Bertz CT molecular complexity index is 948. The molecule has 0 radical (unpaired) electrons. The van der Waals surface area contributed by atoms with E-state index in [4.69, 9.17) is 0 Å². The summed E-state index contributed by atoms with van der Waals surface area (Å²) in [5.41, 5.74) is 2.39. The Morgan fingerprint density at radius 2 is 1.87 bits per heavy atom. The van der Waals surface area contributed by atoms with Crippen molar-refractivity contribution in [2.24, 2.45) is 4.99 Å². The SMILES string of the molecule is CCCC(=O)N1CCN(c2ccc(N=Cc3cc(C)cc([N+](=O)[O-])c3O)cc2)CC1. The van der Waals surface area contributed by atoms with Crippen molar-refractivity contribution < 1.29 is 14.8 Å². The molecule has 3 rings (SSSR count). The van der Waals surface area contributed by atoms with Crippen molar-refractivity contribution >= 4 is 29.2 Å². The largest absolute Gasteiger partial charge is 0.502 e. The topological polar surface area (TPSA) is 99.3 Å². The van der Waals surface area contributed by atoms with Gasteiger partial charge in [-0.3, -0.25) is 19.9 Å². The number of nitro benzene ring substituents is 1. The van der Waals surface area contributed by atoms with Gasteiger partial charge in [0.05, 0.1) is 10.6 Å². The quantitative estimate of drug-likeness (QED) is 0.443. The first kappa shape index (κ1) is 21.3. The molecule has 0 unspecified atom stereocenters. The average Bonchev–Trinajstić information content (AvgIpc) is 2.74. The highest BCUT2D eigenvalue weighted by molar-refractivity contribution is 5.87. The highest BCUT2D eigenvalue weighted by Gasteiger charge is 2.20. The first-order chi connectivity index (χ1) is 14.4. The number of phenolic OH excluding ortho intramolecular Hbond substituents is 1. The van der Waals surface area contributed by atoms with Crippen LogP contribution in [0, 0.1) is 17.0 Å². The molecule has 1 saturated heterocycles. The lowest BCUT2D eigenvalue weighted by Gasteiger charge is -2.36. The van der Waals surface area contributed by atoms with Crippen LogP contribution in [0.1, 0.15) is 30.9 Å². The maximum atomic E-state index is 12.0. The fraction of sp³-hybridized carbons (Fsp3) is 0.364. The Balaban J connectivity index is 1.66. The molecule has 1 aliphatic heterocycles. The van der Waals surface area contributed by atoms with Gasteiger partial charge in [0.2, 0.25) is 11.7 Å². The van der Waals surface area contributed by atoms with Crippen LogP contribution in [0.15, 0.2) is 41.4 Å². The number of phenols is 1. The number of benzene rings is 2. The summed E-state index contributed by atoms with van der Waals surface area (Å²) in [4.78, 5) is 31.0. The lowest BCUT2D eigenvalue weighted by Crippen LogP contribution is -2.48. The van der Waals surface area contributed by atoms with Crippen LogP contribution in [0.4, 0.5) is 17.1 Å². The van der Waals surface area contributed by atoms with Crippen LogP contribution in [0.2, 0.25) is 0 Å². The van der Waals surface area contributed by atoms with Crippen LogP contribution in [-0.4, -0.2) is 53.2 Å². The molecule has 1 aliphatic rings. The smallest absolute Gasteiger partial charge is 0.311 e. The molecule has 1 heterocycles. The van der Waals surface area contributed by atoms with Crippen molar-refractivity contribution in [3.05, 3.63) is 57.6 Å². The molecule has 1 N–H and O–H groups in total. The predicted octanol–water partition coefficient (Wildman–Crippen LogP) is 3.81. The highest BCUT2D eigenvalue weighted by Crippen LogP contribution is 2.30. The van der Waals surface area contributed by atoms with Crippen molar-refractivity contribution in [1.82, 2.24) is 4.90 Å². The Morgan fingerprint density at radius 3 is 2.47 bits per heavy atom. The maximum absolute atomic E-state index is 12.0. The van der Waals surface area contributed by atoms with Crippen molar-refractivity contribution in [2.75, 3.05) is 31.1 Å². The number of anilines is 1. The Morgan fingerprint density at radius 1 is 1.20 bits per heavy atom. The number of nitro groups is 1. The summed E-state index contributed by atoms with van der Waals surface area (Å²) < 4.78 is 0. The number of aliphatic imine (C=N–C) groups is 1. The fourth-order valence-corrected chi connectivity index (χ4v) is 3.50. The maximum Gasteiger partial charge on any atom is 0.311 e. The first-order valence-corrected chi connectivity index (χ1v) is 10.0.